The number of aromatic nitrogens is 12. The van der Waals surface area contributed by atoms with Gasteiger partial charge in [-0.25, -0.2) is 19.9 Å². The molecule has 0 N–H and O–H groups in total. The number of thioether (sulfide) groups is 2. The van der Waals surface area contributed by atoms with E-state index in [2.05, 4.69) is 50.8 Å². The van der Waals surface area contributed by atoms with Gasteiger partial charge in [-0.15, -0.1) is 30.0 Å². The van der Waals surface area contributed by atoms with E-state index in [9.17, 15) is 0 Å². The molecule has 4 aromatic rings. The van der Waals surface area contributed by atoms with Crippen LogP contribution in [0.2, 0.25) is 0 Å². The van der Waals surface area contributed by atoms with Gasteiger partial charge in [0.25, 0.3) is 0 Å². The van der Waals surface area contributed by atoms with Gasteiger partial charge in [0.05, 0.1) is 0 Å². The van der Waals surface area contributed by atoms with Crippen molar-refractivity contribution in [3.63, 3.8) is 0 Å². The highest BCUT2D eigenvalue weighted by Crippen LogP contribution is 2.09. The summed E-state index contributed by atoms with van der Waals surface area (Å²) in [6.45, 7) is 0. The summed E-state index contributed by atoms with van der Waals surface area (Å²) >= 11 is 2.94. The maximum atomic E-state index is 4.18. The molecule has 0 atom stereocenters. The Kier molecular flexibility index (Phi) is 6.10. The number of tetrazole rings is 2. The predicted molar refractivity (Wildman–Crippen MR) is 93.1 cm³/mol. The van der Waals surface area contributed by atoms with Gasteiger partial charge in [-0.3, -0.25) is 0 Å². The first kappa shape index (κ1) is 17.8. The highest BCUT2D eigenvalue weighted by molar-refractivity contribution is 7.98. The molecule has 132 valence electrons. The van der Waals surface area contributed by atoms with Gasteiger partial charge in [-0.2, -0.15) is 0 Å². The first-order valence-corrected chi connectivity index (χ1v) is 9.46. The van der Waals surface area contributed by atoms with Gasteiger partial charge < -0.3 is 0 Å². The third kappa shape index (κ3) is 4.54. The molecule has 0 saturated carbocycles. The Morgan fingerprint density at radius 3 is 1.54 bits per heavy atom. The zero-order valence-corrected chi connectivity index (χ0v) is 15.3. The van der Waals surface area contributed by atoms with E-state index >= 15 is 0 Å². The summed E-state index contributed by atoms with van der Waals surface area (Å²) in [6.07, 6.45) is 9.87. The van der Waals surface area contributed by atoms with E-state index in [1.165, 1.54) is 45.8 Å². The molecule has 0 bridgehead atoms. The van der Waals surface area contributed by atoms with Gasteiger partial charge in [-0.1, -0.05) is 23.5 Å². The van der Waals surface area contributed by atoms with E-state index in [-0.39, 0.29) is 0 Å². The third-order valence-electron chi connectivity index (χ3n) is 2.71. The Morgan fingerprint density at radius 1 is 0.731 bits per heavy atom. The Hall–Kier alpha value is -3.00. The normalized spacial score (nSPS) is 10.2. The molecular weight excluding hydrogens is 376 g/mol. The van der Waals surface area contributed by atoms with E-state index < -0.39 is 0 Å². The standard InChI is InChI=1S/2C6H6N6S/c2*1-13-6-7-3-2-5(10-6)12-9-4-8-11-12/h2*2-4H,1H3. The predicted octanol–water partition coefficient (Wildman–Crippen LogP) is 0.348. The average molecular weight is 388 g/mol. The van der Waals surface area contributed by atoms with E-state index in [0.29, 0.717) is 21.9 Å². The SMILES string of the molecule is CSc1nccc(-n2ncnn2)n1.CSc1nccc(-n2ncnn2)n1. The topological polar surface area (TPSA) is 139 Å². The minimum Gasteiger partial charge on any atom is -0.231 e. The Bertz CT molecular complexity index is 849. The lowest BCUT2D eigenvalue weighted by Gasteiger charge is -1.97. The summed E-state index contributed by atoms with van der Waals surface area (Å²) in [7, 11) is 0. The second-order valence-corrected chi connectivity index (χ2v) is 5.80. The molecule has 26 heavy (non-hydrogen) atoms. The van der Waals surface area contributed by atoms with Crippen LogP contribution in [0, 0.1) is 0 Å². The molecule has 0 amide bonds. The largest absolute Gasteiger partial charge is 0.231 e. The first-order chi connectivity index (χ1) is 12.8. The molecule has 0 aliphatic carbocycles. The van der Waals surface area contributed by atoms with E-state index in [1.54, 1.807) is 24.5 Å². The van der Waals surface area contributed by atoms with E-state index in [4.69, 9.17) is 0 Å². The second kappa shape index (κ2) is 8.91. The van der Waals surface area contributed by atoms with Crippen LogP contribution in [0.25, 0.3) is 11.6 Å². The van der Waals surface area contributed by atoms with Crippen molar-refractivity contribution in [3.8, 4) is 11.6 Å². The van der Waals surface area contributed by atoms with Crippen molar-refractivity contribution in [2.45, 2.75) is 10.3 Å². The summed E-state index contributed by atoms with van der Waals surface area (Å²) in [5.74, 6) is 1.24. The number of hydrogen-bond donors (Lipinski definition) is 0. The van der Waals surface area contributed by atoms with Gasteiger partial charge in [0, 0.05) is 24.5 Å². The molecule has 12 nitrogen and oxygen atoms in total. The number of hydrogen-bond acceptors (Lipinski definition) is 12. The zero-order valence-electron chi connectivity index (χ0n) is 13.6. The van der Waals surface area contributed by atoms with Crippen molar-refractivity contribution >= 4 is 23.5 Å². The summed E-state index contributed by atoms with van der Waals surface area (Å²) < 4.78 is 0. The molecule has 4 heterocycles. The van der Waals surface area contributed by atoms with Crippen LogP contribution < -0.4 is 0 Å². The van der Waals surface area contributed by atoms with Crippen molar-refractivity contribution in [1.29, 1.82) is 0 Å². The Labute approximate surface area is 155 Å². The Balaban J connectivity index is 0.000000151. The summed E-state index contributed by atoms with van der Waals surface area (Å²) in [6, 6.07) is 3.45. The molecule has 0 spiro atoms. The summed E-state index contributed by atoms with van der Waals surface area (Å²) in [4.78, 5) is 19.1. The van der Waals surface area contributed by atoms with Gasteiger partial charge in [0.1, 0.15) is 0 Å². The molecule has 0 saturated heterocycles. The Morgan fingerprint density at radius 2 is 1.19 bits per heavy atom. The van der Waals surface area contributed by atoms with Crippen LogP contribution in [-0.4, -0.2) is 72.9 Å². The molecule has 0 aliphatic heterocycles. The van der Waals surface area contributed by atoms with Crippen molar-refractivity contribution in [3.05, 3.63) is 37.2 Å². The van der Waals surface area contributed by atoms with Crippen LogP contribution in [-0.2, 0) is 0 Å². The van der Waals surface area contributed by atoms with Crippen LogP contribution in [0.4, 0.5) is 0 Å². The molecule has 14 heteroatoms. The molecule has 4 aromatic heterocycles. The maximum absolute atomic E-state index is 4.18. The average Bonchev–Trinajstić information content (AvgIpc) is 3.42. The van der Waals surface area contributed by atoms with Crippen LogP contribution in [0.5, 0.6) is 0 Å². The van der Waals surface area contributed by atoms with Crippen LogP contribution >= 0.6 is 23.5 Å². The zero-order chi connectivity index (χ0) is 18.2. The van der Waals surface area contributed by atoms with Crippen molar-refractivity contribution in [2.75, 3.05) is 12.5 Å². The fourth-order valence-electron chi connectivity index (χ4n) is 1.63. The second-order valence-electron chi connectivity index (χ2n) is 4.25. The number of nitrogens with zero attached hydrogens (tertiary/aromatic N) is 12. The molecule has 0 fully saturated rings. The van der Waals surface area contributed by atoms with Crippen molar-refractivity contribution < 1.29 is 0 Å². The van der Waals surface area contributed by atoms with Crippen LogP contribution in [0.15, 0.2) is 47.5 Å². The smallest absolute Gasteiger partial charge is 0.189 e. The summed E-state index contributed by atoms with van der Waals surface area (Å²) in [5, 5.41) is 23.7. The van der Waals surface area contributed by atoms with E-state index in [1.807, 2.05) is 12.5 Å². The van der Waals surface area contributed by atoms with Gasteiger partial charge in [-0.05, 0) is 22.9 Å². The lowest BCUT2D eigenvalue weighted by Crippen LogP contribution is -2.02. The van der Waals surface area contributed by atoms with Gasteiger partial charge in [0.2, 0.25) is 0 Å². The fraction of sp³-hybridized carbons (Fsp3) is 0.167. The van der Waals surface area contributed by atoms with Crippen molar-refractivity contribution in [1.82, 2.24) is 60.4 Å². The molecule has 0 radical (unpaired) electrons. The third-order valence-corrected chi connectivity index (χ3v) is 3.83. The molecular formula is C12H12N12S2. The fourth-order valence-corrected chi connectivity index (χ4v) is 2.33. The highest BCUT2D eigenvalue weighted by atomic mass is 32.2. The van der Waals surface area contributed by atoms with Gasteiger partial charge in [0.15, 0.2) is 34.6 Å². The quantitative estimate of drug-likeness (QED) is 0.352. The highest BCUT2D eigenvalue weighted by Gasteiger charge is 2.02. The maximum Gasteiger partial charge on any atom is 0.189 e. The van der Waals surface area contributed by atoms with Crippen LogP contribution in [0.1, 0.15) is 0 Å². The monoisotopic (exact) mass is 388 g/mol. The lowest BCUT2D eigenvalue weighted by molar-refractivity contribution is 0.686. The molecule has 4 rings (SSSR count). The minimum atomic E-state index is 0.622. The molecule has 0 aromatic carbocycles. The molecule has 0 unspecified atom stereocenters. The lowest BCUT2D eigenvalue weighted by atomic mass is 10.6. The van der Waals surface area contributed by atoms with E-state index in [0.717, 1.165) is 0 Å². The van der Waals surface area contributed by atoms with Gasteiger partial charge >= 0.3 is 0 Å². The number of rotatable bonds is 4. The van der Waals surface area contributed by atoms with Crippen molar-refractivity contribution in [2.24, 2.45) is 0 Å². The summed E-state index contributed by atoms with van der Waals surface area (Å²) in [5.41, 5.74) is 0. The van der Waals surface area contributed by atoms with Crippen LogP contribution in [0.3, 0.4) is 0 Å². The molecule has 0 aliphatic rings. The first-order valence-electron chi connectivity index (χ1n) is 7.01. The minimum absolute atomic E-state index is 0.622.